The molecule has 0 radical (unpaired) electrons. The summed E-state index contributed by atoms with van der Waals surface area (Å²) in [7, 11) is -1.41. The van der Waals surface area contributed by atoms with E-state index in [1.165, 1.54) is 25.6 Å². The average Bonchev–Trinajstić information content (AvgIpc) is 3.46. The molecule has 4 rings (SSSR count). The van der Waals surface area contributed by atoms with Gasteiger partial charge < -0.3 is 24.1 Å². The molecule has 1 aromatic carbocycles. The summed E-state index contributed by atoms with van der Waals surface area (Å²) in [5.74, 6) is -4.85. The zero-order valence-corrected chi connectivity index (χ0v) is 25.8. The average molecular weight is 638 g/mol. The molecule has 0 fully saturated rings. The molecule has 0 aliphatic heterocycles. The Balaban J connectivity index is 1.53. The van der Waals surface area contributed by atoms with Crippen LogP contribution in [-0.4, -0.2) is 75.7 Å². The summed E-state index contributed by atoms with van der Waals surface area (Å²) in [4.78, 5) is 55.4. The lowest BCUT2D eigenvalue weighted by atomic mass is 9.95. The lowest BCUT2D eigenvalue weighted by Crippen LogP contribution is -2.28. The summed E-state index contributed by atoms with van der Waals surface area (Å²) in [6, 6.07) is 4.87. The van der Waals surface area contributed by atoms with Crippen molar-refractivity contribution in [3.05, 3.63) is 44.6 Å². The van der Waals surface area contributed by atoms with Gasteiger partial charge >= 0.3 is 11.9 Å². The third kappa shape index (κ3) is 7.32. The van der Waals surface area contributed by atoms with E-state index < -0.39 is 45.1 Å². The van der Waals surface area contributed by atoms with Crippen molar-refractivity contribution in [2.24, 2.45) is 4.99 Å². The van der Waals surface area contributed by atoms with Gasteiger partial charge in [-0.25, -0.2) is 18.0 Å². The van der Waals surface area contributed by atoms with Crippen LogP contribution in [0, 0.1) is 0 Å². The van der Waals surface area contributed by atoms with Gasteiger partial charge in [0.15, 0.2) is 14.6 Å². The number of fused-ring (bicyclic) bond motifs is 2. The monoisotopic (exact) mass is 637 g/mol. The third-order valence-corrected chi connectivity index (χ3v) is 10.1. The summed E-state index contributed by atoms with van der Waals surface area (Å²) in [6.07, 6.45) is 3.31. The second-order valence-corrected chi connectivity index (χ2v) is 13.6. The Morgan fingerprint density at radius 3 is 2.52 bits per heavy atom. The molecule has 0 saturated carbocycles. The van der Waals surface area contributed by atoms with Crippen LogP contribution in [0.4, 0.5) is 5.00 Å². The van der Waals surface area contributed by atoms with Crippen molar-refractivity contribution in [3.8, 4) is 0 Å². The number of carbonyl (C=O) groups excluding carboxylic acids is 4. The highest BCUT2D eigenvalue weighted by Gasteiger charge is 2.29. The van der Waals surface area contributed by atoms with Crippen LogP contribution >= 0.6 is 22.7 Å². The van der Waals surface area contributed by atoms with E-state index in [1.807, 2.05) is 0 Å². The lowest BCUT2D eigenvalue weighted by Gasteiger charge is -2.12. The number of carbonyl (C=O) groups is 4. The molecule has 12 nitrogen and oxygen atoms in total. The highest BCUT2D eigenvalue weighted by atomic mass is 32.2. The second-order valence-electron chi connectivity index (χ2n) is 9.42. The number of benzene rings is 1. The first-order chi connectivity index (χ1) is 20.1. The fourth-order valence-electron chi connectivity index (χ4n) is 4.62. The molecule has 226 valence electrons. The van der Waals surface area contributed by atoms with Crippen molar-refractivity contribution < 1.29 is 41.8 Å². The Kier molecular flexibility index (Phi) is 10.3. The van der Waals surface area contributed by atoms with E-state index in [0.29, 0.717) is 35.4 Å². The Morgan fingerprint density at radius 1 is 1.05 bits per heavy atom. The number of esters is 2. The van der Waals surface area contributed by atoms with Crippen molar-refractivity contribution in [1.82, 2.24) is 4.57 Å². The first-order valence-electron chi connectivity index (χ1n) is 13.2. The first-order valence-corrected chi connectivity index (χ1v) is 16.6. The molecule has 2 aromatic heterocycles. The van der Waals surface area contributed by atoms with Gasteiger partial charge in [0, 0.05) is 18.5 Å². The number of rotatable bonds is 11. The number of ether oxygens (including phenoxy) is 3. The minimum Gasteiger partial charge on any atom is -0.465 e. The number of thiophene rings is 1. The molecule has 15 heteroatoms. The van der Waals surface area contributed by atoms with Crippen LogP contribution in [0.5, 0.6) is 0 Å². The van der Waals surface area contributed by atoms with Gasteiger partial charge in [0.2, 0.25) is 5.91 Å². The molecule has 1 aliphatic carbocycles. The Labute approximate surface area is 250 Å². The maximum Gasteiger partial charge on any atom is 0.341 e. The molecule has 0 atom stereocenters. The molecule has 0 unspecified atom stereocenters. The van der Waals surface area contributed by atoms with Crippen LogP contribution in [0.2, 0.25) is 0 Å². The van der Waals surface area contributed by atoms with Crippen LogP contribution in [-0.2, 0) is 53.0 Å². The smallest absolute Gasteiger partial charge is 0.341 e. The minimum atomic E-state index is -4.20. The number of hydrogen-bond donors (Lipinski definition) is 1. The zero-order valence-electron chi connectivity index (χ0n) is 23.4. The number of amides is 2. The van der Waals surface area contributed by atoms with Crippen LogP contribution in [0.3, 0.4) is 0 Å². The normalized spacial score (nSPS) is 13.5. The van der Waals surface area contributed by atoms with E-state index in [-0.39, 0.29) is 22.0 Å². The molecular weight excluding hydrogens is 607 g/mol. The van der Waals surface area contributed by atoms with Crippen molar-refractivity contribution in [2.75, 3.05) is 44.3 Å². The van der Waals surface area contributed by atoms with Gasteiger partial charge in [0.25, 0.3) is 5.91 Å². The standard InChI is InChI=1S/C27H31N3O9S3/c1-4-39-26(34)23-17-7-5-6-8-19(17)40-24(23)28-21(31)14-42(35,36)15-22(32)29-27-30(11-12-37-2)18-10-9-16(25(33)38-3)13-20(18)41-27/h9-10,13H,4-8,11-12,14-15H2,1-3H3,(H,28,31). The number of nitrogens with one attached hydrogen (secondary N) is 1. The number of aromatic nitrogens is 1. The summed E-state index contributed by atoms with van der Waals surface area (Å²) in [5.41, 5.74) is 2.10. The predicted octanol–water partition coefficient (Wildman–Crippen LogP) is 2.73. The Bertz CT molecular complexity index is 1700. The van der Waals surface area contributed by atoms with Crippen LogP contribution < -0.4 is 10.1 Å². The van der Waals surface area contributed by atoms with Gasteiger partial charge in [-0.15, -0.1) is 11.3 Å². The van der Waals surface area contributed by atoms with E-state index in [0.717, 1.165) is 41.0 Å². The van der Waals surface area contributed by atoms with E-state index in [9.17, 15) is 27.6 Å². The van der Waals surface area contributed by atoms with Crippen LogP contribution in [0.25, 0.3) is 10.2 Å². The number of anilines is 1. The fraction of sp³-hybridized carbons (Fsp3) is 0.444. The van der Waals surface area contributed by atoms with Gasteiger partial charge in [-0.1, -0.05) is 11.3 Å². The van der Waals surface area contributed by atoms with E-state index in [4.69, 9.17) is 14.2 Å². The van der Waals surface area contributed by atoms with Gasteiger partial charge in [0.1, 0.15) is 16.5 Å². The molecule has 2 heterocycles. The number of aryl methyl sites for hydroxylation is 1. The first kappa shape index (κ1) is 31.5. The molecule has 1 N–H and O–H groups in total. The summed E-state index contributed by atoms with van der Waals surface area (Å²) < 4.78 is 43.1. The summed E-state index contributed by atoms with van der Waals surface area (Å²) in [6.45, 7) is 2.46. The number of methoxy groups -OCH3 is 2. The van der Waals surface area contributed by atoms with Crippen LogP contribution in [0.15, 0.2) is 23.2 Å². The minimum absolute atomic E-state index is 0.161. The van der Waals surface area contributed by atoms with Crippen molar-refractivity contribution in [2.45, 2.75) is 39.2 Å². The highest BCUT2D eigenvalue weighted by molar-refractivity contribution is 7.92. The van der Waals surface area contributed by atoms with Gasteiger partial charge in [-0.05, 0) is 56.4 Å². The quantitative estimate of drug-likeness (QED) is 0.312. The largest absolute Gasteiger partial charge is 0.465 e. The van der Waals surface area contributed by atoms with Crippen molar-refractivity contribution in [1.29, 1.82) is 0 Å². The molecule has 0 saturated heterocycles. The van der Waals surface area contributed by atoms with Gasteiger partial charge in [-0.2, -0.15) is 4.99 Å². The second kappa shape index (κ2) is 13.7. The lowest BCUT2D eigenvalue weighted by molar-refractivity contribution is -0.115. The maximum absolute atomic E-state index is 12.8. The molecule has 1 aliphatic rings. The summed E-state index contributed by atoms with van der Waals surface area (Å²) >= 11 is 2.35. The molecule has 0 spiro atoms. The topological polar surface area (TPSA) is 159 Å². The SMILES string of the molecule is CCOC(=O)c1c(NC(=O)CS(=O)(=O)CC(=O)N=c2sc3cc(C(=O)OC)ccc3n2CCOC)sc2c1CCCC2. The molecule has 2 amide bonds. The number of sulfone groups is 1. The predicted molar refractivity (Wildman–Crippen MR) is 158 cm³/mol. The number of hydrogen-bond acceptors (Lipinski definition) is 11. The van der Waals surface area contributed by atoms with Crippen LogP contribution in [0.1, 0.15) is 50.9 Å². The number of nitrogens with zero attached hydrogens (tertiary/aromatic N) is 2. The van der Waals surface area contributed by atoms with E-state index in [1.54, 1.807) is 29.7 Å². The van der Waals surface area contributed by atoms with E-state index >= 15 is 0 Å². The molecule has 0 bridgehead atoms. The number of thiazole rings is 1. The zero-order chi connectivity index (χ0) is 30.4. The maximum atomic E-state index is 12.8. The summed E-state index contributed by atoms with van der Waals surface area (Å²) in [5, 5.41) is 2.82. The van der Waals surface area contributed by atoms with E-state index in [2.05, 4.69) is 10.3 Å². The van der Waals surface area contributed by atoms with Crippen molar-refractivity contribution >= 4 is 71.5 Å². The van der Waals surface area contributed by atoms with Gasteiger partial charge in [-0.3, -0.25) is 9.59 Å². The van der Waals surface area contributed by atoms with Gasteiger partial charge in [0.05, 0.1) is 41.7 Å². The Hall–Kier alpha value is -3.40. The highest BCUT2D eigenvalue weighted by Crippen LogP contribution is 2.38. The molecule has 42 heavy (non-hydrogen) atoms. The third-order valence-electron chi connectivity index (χ3n) is 6.44. The molecule has 3 aromatic rings. The van der Waals surface area contributed by atoms with Crippen molar-refractivity contribution in [3.63, 3.8) is 0 Å². The fourth-order valence-corrected chi connectivity index (χ4v) is 8.04. The molecular formula is C27H31N3O9S3. The Morgan fingerprint density at radius 2 is 1.81 bits per heavy atom.